The highest BCUT2D eigenvalue weighted by molar-refractivity contribution is 8.01. The van der Waals surface area contributed by atoms with E-state index in [-0.39, 0.29) is 5.91 Å². The van der Waals surface area contributed by atoms with Crippen LogP contribution in [-0.2, 0) is 4.79 Å². The lowest BCUT2D eigenvalue weighted by atomic mass is 9.81. The van der Waals surface area contributed by atoms with Crippen LogP contribution in [0.2, 0.25) is 0 Å². The molecule has 1 aromatic heterocycles. The summed E-state index contributed by atoms with van der Waals surface area (Å²) in [4.78, 5) is 18.9. The van der Waals surface area contributed by atoms with Crippen molar-refractivity contribution in [2.45, 2.75) is 48.9 Å². The fourth-order valence-corrected chi connectivity index (χ4v) is 5.05. The summed E-state index contributed by atoms with van der Waals surface area (Å²) in [5.74, 6) is 0.325. The minimum Gasteiger partial charge on any atom is -0.326 e. The van der Waals surface area contributed by atoms with Crippen LogP contribution in [0.25, 0.3) is 11.3 Å². The lowest BCUT2D eigenvalue weighted by Gasteiger charge is -2.39. The van der Waals surface area contributed by atoms with Crippen LogP contribution in [0.4, 0.5) is 0 Å². The third-order valence-electron chi connectivity index (χ3n) is 5.05. The monoisotopic (exact) mass is 385 g/mol. The summed E-state index contributed by atoms with van der Waals surface area (Å²) in [6.07, 6.45) is 4.76. The SMILES string of the molecule is Cc1ccc(-c2csc(SCC(=O)N(C)C3(C#N)CCCCC3)n2)cc1. The van der Waals surface area contributed by atoms with Gasteiger partial charge < -0.3 is 4.90 Å². The summed E-state index contributed by atoms with van der Waals surface area (Å²) in [6.45, 7) is 2.06. The number of carbonyl (C=O) groups is 1. The fourth-order valence-electron chi connectivity index (χ4n) is 3.30. The van der Waals surface area contributed by atoms with Gasteiger partial charge >= 0.3 is 0 Å². The van der Waals surface area contributed by atoms with Crippen LogP contribution in [-0.4, -0.2) is 34.1 Å². The molecule has 1 amide bonds. The Balaban J connectivity index is 1.61. The Morgan fingerprint density at radius 1 is 1.31 bits per heavy atom. The Kier molecular flexibility index (Phi) is 6.00. The number of aryl methyl sites for hydroxylation is 1. The number of carbonyl (C=O) groups excluding carboxylic acids is 1. The molecule has 1 aliphatic carbocycles. The van der Waals surface area contributed by atoms with Gasteiger partial charge in [-0.15, -0.1) is 11.3 Å². The standard InChI is InChI=1S/C20H23N3OS2/c1-15-6-8-16(9-7-15)17-12-25-19(22-17)26-13-18(24)23(2)20(14-21)10-4-3-5-11-20/h6-9,12H,3-5,10-11,13H2,1-2H3. The minimum absolute atomic E-state index is 0.00513. The molecule has 2 aromatic rings. The number of hydrogen-bond donors (Lipinski definition) is 0. The summed E-state index contributed by atoms with van der Waals surface area (Å²) in [5.41, 5.74) is 2.64. The average molecular weight is 386 g/mol. The summed E-state index contributed by atoms with van der Waals surface area (Å²) < 4.78 is 0.886. The van der Waals surface area contributed by atoms with Crippen molar-refractivity contribution >= 4 is 29.0 Å². The van der Waals surface area contributed by atoms with Gasteiger partial charge in [-0.3, -0.25) is 4.79 Å². The van der Waals surface area contributed by atoms with E-state index in [2.05, 4.69) is 42.2 Å². The molecule has 0 aliphatic heterocycles. The Morgan fingerprint density at radius 3 is 2.65 bits per heavy atom. The zero-order chi connectivity index (χ0) is 18.6. The first kappa shape index (κ1) is 18.9. The van der Waals surface area contributed by atoms with Gasteiger partial charge in [0.05, 0.1) is 17.5 Å². The van der Waals surface area contributed by atoms with Gasteiger partial charge in [0.1, 0.15) is 5.54 Å². The summed E-state index contributed by atoms with van der Waals surface area (Å²) >= 11 is 3.01. The molecule has 0 radical (unpaired) electrons. The minimum atomic E-state index is -0.619. The van der Waals surface area contributed by atoms with Crippen molar-refractivity contribution in [3.8, 4) is 17.3 Å². The molecule has 6 heteroatoms. The maximum absolute atomic E-state index is 12.6. The Hall–Kier alpha value is -1.84. The number of rotatable bonds is 5. The van der Waals surface area contributed by atoms with Crippen LogP contribution < -0.4 is 0 Å². The van der Waals surface area contributed by atoms with Gasteiger partial charge in [-0.05, 0) is 19.8 Å². The number of thiazole rings is 1. The molecule has 0 N–H and O–H groups in total. The summed E-state index contributed by atoms with van der Waals surface area (Å²) in [7, 11) is 1.77. The van der Waals surface area contributed by atoms with E-state index in [9.17, 15) is 10.1 Å². The van der Waals surface area contributed by atoms with E-state index in [1.54, 1.807) is 23.3 Å². The van der Waals surface area contributed by atoms with Gasteiger partial charge in [-0.1, -0.05) is 60.9 Å². The molecule has 3 rings (SSSR count). The topological polar surface area (TPSA) is 57.0 Å². The first-order valence-corrected chi connectivity index (χ1v) is 10.7. The Morgan fingerprint density at radius 2 is 2.00 bits per heavy atom. The first-order valence-electron chi connectivity index (χ1n) is 8.87. The number of amides is 1. The lowest BCUT2D eigenvalue weighted by Crippen LogP contribution is -2.50. The molecular weight excluding hydrogens is 362 g/mol. The van der Waals surface area contributed by atoms with Crippen LogP contribution in [0.1, 0.15) is 37.7 Å². The second-order valence-corrected chi connectivity index (χ2v) is 8.89. The molecule has 1 aromatic carbocycles. The summed E-state index contributed by atoms with van der Waals surface area (Å²) in [6, 6.07) is 10.7. The van der Waals surface area contributed by atoms with E-state index in [0.717, 1.165) is 47.7 Å². The smallest absolute Gasteiger partial charge is 0.234 e. The quantitative estimate of drug-likeness (QED) is 0.687. The van der Waals surface area contributed by atoms with Gasteiger partial charge in [0.25, 0.3) is 0 Å². The van der Waals surface area contributed by atoms with E-state index >= 15 is 0 Å². The van der Waals surface area contributed by atoms with Gasteiger partial charge in [0.15, 0.2) is 4.34 Å². The molecule has 1 saturated carbocycles. The van der Waals surface area contributed by atoms with Crippen molar-refractivity contribution in [1.29, 1.82) is 5.26 Å². The molecule has 1 fully saturated rings. The second kappa shape index (κ2) is 8.24. The maximum atomic E-state index is 12.6. The predicted molar refractivity (Wildman–Crippen MR) is 107 cm³/mol. The van der Waals surface area contributed by atoms with Crippen molar-refractivity contribution in [3.63, 3.8) is 0 Å². The molecule has 136 valence electrons. The molecule has 1 heterocycles. The van der Waals surface area contributed by atoms with Gasteiger partial charge in [0, 0.05) is 18.0 Å². The first-order chi connectivity index (χ1) is 12.5. The molecule has 4 nitrogen and oxygen atoms in total. The maximum Gasteiger partial charge on any atom is 0.234 e. The zero-order valence-electron chi connectivity index (χ0n) is 15.2. The fraction of sp³-hybridized carbons (Fsp3) is 0.450. The van der Waals surface area contributed by atoms with E-state index in [1.165, 1.54) is 17.3 Å². The molecule has 1 aliphatic rings. The number of nitrogens with zero attached hydrogens (tertiary/aromatic N) is 3. The molecule has 0 saturated heterocycles. The van der Waals surface area contributed by atoms with Gasteiger partial charge in [-0.25, -0.2) is 4.98 Å². The van der Waals surface area contributed by atoms with Crippen LogP contribution in [0.3, 0.4) is 0 Å². The lowest BCUT2D eigenvalue weighted by molar-refractivity contribution is -0.131. The highest BCUT2D eigenvalue weighted by atomic mass is 32.2. The van der Waals surface area contributed by atoms with Crippen LogP contribution in [0, 0.1) is 18.3 Å². The largest absolute Gasteiger partial charge is 0.326 e. The molecule has 0 spiro atoms. The van der Waals surface area contributed by atoms with Crippen LogP contribution in [0.15, 0.2) is 34.0 Å². The van der Waals surface area contributed by atoms with E-state index in [0.29, 0.717) is 5.75 Å². The second-order valence-electron chi connectivity index (χ2n) is 6.81. The number of benzene rings is 1. The van der Waals surface area contributed by atoms with Crippen molar-refractivity contribution in [3.05, 3.63) is 35.2 Å². The van der Waals surface area contributed by atoms with Gasteiger partial charge in [0.2, 0.25) is 5.91 Å². The van der Waals surface area contributed by atoms with Gasteiger partial charge in [-0.2, -0.15) is 5.26 Å². The van der Waals surface area contributed by atoms with Crippen molar-refractivity contribution in [1.82, 2.24) is 9.88 Å². The van der Waals surface area contributed by atoms with Crippen LogP contribution >= 0.6 is 23.1 Å². The Labute approximate surface area is 163 Å². The third kappa shape index (κ3) is 4.11. The third-order valence-corrected chi connectivity index (χ3v) is 7.06. The van der Waals surface area contributed by atoms with Crippen LogP contribution in [0.5, 0.6) is 0 Å². The van der Waals surface area contributed by atoms with Crippen molar-refractivity contribution < 1.29 is 4.79 Å². The molecule has 26 heavy (non-hydrogen) atoms. The van der Waals surface area contributed by atoms with Crippen molar-refractivity contribution in [2.24, 2.45) is 0 Å². The van der Waals surface area contributed by atoms with E-state index in [4.69, 9.17) is 0 Å². The highest BCUT2D eigenvalue weighted by Gasteiger charge is 2.38. The highest BCUT2D eigenvalue weighted by Crippen LogP contribution is 2.34. The van der Waals surface area contributed by atoms with E-state index < -0.39 is 5.54 Å². The molecule has 0 bridgehead atoms. The normalized spacial score (nSPS) is 16.0. The Bertz CT molecular complexity index is 801. The zero-order valence-corrected chi connectivity index (χ0v) is 16.8. The number of nitriles is 1. The summed E-state index contributed by atoms with van der Waals surface area (Å²) in [5, 5.41) is 11.7. The number of thioether (sulfide) groups is 1. The number of aromatic nitrogens is 1. The molecular formula is C20H23N3OS2. The van der Waals surface area contributed by atoms with Crippen molar-refractivity contribution in [2.75, 3.05) is 12.8 Å². The molecule has 0 unspecified atom stereocenters. The van der Waals surface area contributed by atoms with E-state index in [1.807, 2.05) is 5.38 Å². The average Bonchev–Trinajstić information content (AvgIpc) is 3.15. The predicted octanol–water partition coefficient (Wildman–Crippen LogP) is 4.90. The number of hydrogen-bond acceptors (Lipinski definition) is 5. The molecule has 0 atom stereocenters.